The molecule has 1 aromatic carbocycles. The molecule has 10 nitrogen and oxygen atoms in total. The van der Waals surface area contributed by atoms with Crippen molar-refractivity contribution in [3.63, 3.8) is 0 Å². The lowest BCUT2D eigenvalue weighted by atomic mass is 10.1. The number of nitro groups is 1. The van der Waals surface area contributed by atoms with Gasteiger partial charge in [0.2, 0.25) is 5.95 Å². The number of hydrogen-bond acceptors (Lipinski definition) is 8. The zero-order chi connectivity index (χ0) is 22.0. The lowest BCUT2D eigenvalue weighted by Crippen LogP contribution is -2.49. The van der Waals surface area contributed by atoms with E-state index in [0.717, 1.165) is 24.6 Å². The maximum absolute atomic E-state index is 12.9. The Hall–Kier alpha value is -2.98. The molecule has 1 aromatic heterocycles. The number of nitrogens with zero attached hydrogens (tertiary/aromatic N) is 6. The van der Waals surface area contributed by atoms with Crippen molar-refractivity contribution in [2.75, 3.05) is 62.3 Å². The largest absolute Gasteiger partial charge is 0.378 e. The van der Waals surface area contributed by atoms with Crippen LogP contribution in [-0.4, -0.2) is 78.2 Å². The van der Waals surface area contributed by atoms with Gasteiger partial charge >= 0.3 is 0 Å². The van der Waals surface area contributed by atoms with Gasteiger partial charge in [-0.15, -0.1) is 0 Å². The quantitative estimate of drug-likeness (QED) is 0.519. The van der Waals surface area contributed by atoms with E-state index < -0.39 is 4.92 Å². The predicted molar refractivity (Wildman–Crippen MR) is 116 cm³/mol. The number of rotatable bonds is 4. The van der Waals surface area contributed by atoms with Gasteiger partial charge in [0.15, 0.2) is 0 Å². The maximum atomic E-state index is 12.9. The van der Waals surface area contributed by atoms with Crippen LogP contribution in [0.25, 0.3) is 0 Å². The van der Waals surface area contributed by atoms with Gasteiger partial charge in [0.05, 0.1) is 28.7 Å². The van der Waals surface area contributed by atoms with E-state index in [0.29, 0.717) is 45.3 Å². The molecule has 0 bridgehead atoms. The van der Waals surface area contributed by atoms with Crippen LogP contribution in [0.4, 0.5) is 17.5 Å². The molecular formula is C20H23ClN6O4. The molecule has 0 unspecified atom stereocenters. The highest BCUT2D eigenvalue weighted by molar-refractivity contribution is 6.34. The van der Waals surface area contributed by atoms with Gasteiger partial charge in [0.25, 0.3) is 11.6 Å². The van der Waals surface area contributed by atoms with Gasteiger partial charge in [-0.1, -0.05) is 11.6 Å². The van der Waals surface area contributed by atoms with Crippen molar-refractivity contribution in [2.45, 2.75) is 6.92 Å². The van der Waals surface area contributed by atoms with Crippen LogP contribution in [0.5, 0.6) is 0 Å². The van der Waals surface area contributed by atoms with Crippen LogP contribution < -0.4 is 9.80 Å². The van der Waals surface area contributed by atoms with Crippen LogP contribution in [-0.2, 0) is 4.74 Å². The molecule has 1 amide bonds. The number of anilines is 2. The zero-order valence-corrected chi connectivity index (χ0v) is 17.9. The molecule has 31 heavy (non-hydrogen) atoms. The van der Waals surface area contributed by atoms with Crippen molar-refractivity contribution in [3.05, 3.63) is 50.7 Å². The minimum absolute atomic E-state index is 0.0863. The molecule has 0 spiro atoms. The van der Waals surface area contributed by atoms with Crippen molar-refractivity contribution < 1.29 is 14.5 Å². The number of carbonyl (C=O) groups is 1. The molecular weight excluding hydrogens is 424 g/mol. The van der Waals surface area contributed by atoms with E-state index in [-0.39, 0.29) is 22.2 Å². The molecule has 4 rings (SSSR count). The average Bonchev–Trinajstić information content (AvgIpc) is 2.79. The third-order valence-electron chi connectivity index (χ3n) is 5.41. The molecule has 0 N–H and O–H groups in total. The van der Waals surface area contributed by atoms with E-state index in [1.165, 1.54) is 18.2 Å². The summed E-state index contributed by atoms with van der Waals surface area (Å²) in [6, 6.07) is 5.88. The predicted octanol–water partition coefficient (Wildman–Crippen LogP) is 2.15. The van der Waals surface area contributed by atoms with Crippen molar-refractivity contribution in [3.8, 4) is 0 Å². The van der Waals surface area contributed by atoms with Gasteiger partial charge in [-0.25, -0.2) is 4.98 Å². The van der Waals surface area contributed by atoms with Crippen molar-refractivity contribution >= 4 is 35.0 Å². The van der Waals surface area contributed by atoms with Gasteiger partial charge in [0, 0.05) is 63.2 Å². The second kappa shape index (κ2) is 9.03. The fraction of sp³-hybridized carbons (Fsp3) is 0.450. The van der Waals surface area contributed by atoms with Crippen LogP contribution in [0.1, 0.15) is 16.1 Å². The summed E-state index contributed by atoms with van der Waals surface area (Å²) >= 11 is 6.13. The van der Waals surface area contributed by atoms with Gasteiger partial charge in [0.1, 0.15) is 5.82 Å². The summed E-state index contributed by atoms with van der Waals surface area (Å²) in [6.07, 6.45) is 0. The third-order valence-corrected chi connectivity index (χ3v) is 5.72. The molecule has 11 heteroatoms. The van der Waals surface area contributed by atoms with Gasteiger partial charge in [-0.05, 0) is 13.0 Å². The van der Waals surface area contributed by atoms with E-state index in [2.05, 4.69) is 14.8 Å². The Morgan fingerprint density at radius 3 is 2.42 bits per heavy atom. The zero-order valence-electron chi connectivity index (χ0n) is 17.2. The second-order valence-electron chi connectivity index (χ2n) is 7.47. The normalized spacial score (nSPS) is 17.0. The third kappa shape index (κ3) is 4.70. The highest BCUT2D eigenvalue weighted by atomic mass is 35.5. The fourth-order valence-corrected chi connectivity index (χ4v) is 3.96. The first-order valence-corrected chi connectivity index (χ1v) is 10.5. The first-order valence-electron chi connectivity index (χ1n) is 10.1. The summed E-state index contributed by atoms with van der Waals surface area (Å²) in [5.74, 6) is 1.32. The molecule has 2 aliphatic heterocycles. The lowest BCUT2D eigenvalue weighted by Gasteiger charge is -2.36. The number of amides is 1. The first-order chi connectivity index (χ1) is 14.9. The molecule has 0 aliphatic carbocycles. The van der Waals surface area contributed by atoms with Gasteiger partial charge in [-0.2, -0.15) is 4.98 Å². The smallest absolute Gasteiger partial charge is 0.270 e. The number of carbonyl (C=O) groups excluding carboxylic acids is 1. The van der Waals surface area contributed by atoms with Crippen LogP contribution in [0.3, 0.4) is 0 Å². The lowest BCUT2D eigenvalue weighted by molar-refractivity contribution is -0.384. The average molecular weight is 447 g/mol. The molecule has 0 saturated carbocycles. The van der Waals surface area contributed by atoms with Crippen molar-refractivity contribution in [1.82, 2.24) is 14.9 Å². The number of non-ortho nitro benzene ring substituents is 1. The Labute approximate surface area is 184 Å². The van der Waals surface area contributed by atoms with Gasteiger partial charge in [-0.3, -0.25) is 14.9 Å². The minimum atomic E-state index is -0.534. The summed E-state index contributed by atoms with van der Waals surface area (Å²) in [6.45, 7) is 7.06. The second-order valence-corrected chi connectivity index (χ2v) is 7.87. The molecule has 2 saturated heterocycles. The highest BCUT2D eigenvalue weighted by Gasteiger charge is 2.26. The molecule has 0 radical (unpaired) electrons. The summed E-state index contributed by atoms with van der Waals surface area (Å²) in [5, 5.41) is 11.0. The Morgan fingerprint density at radius 2 is 1.77 bits per heavy atom. The summed E-state index contributed by atoms with van der Waals surface area (Å²) in [5.41, 5.74) is 1.03. The van der Waals surface area contributed by atoms with Crippen LogP contribution >= 0.6 is 11.6 Å². The molecule has 2 aliphatic rings. The maximum Gasteiger partial charge on any atom is 0.270 e. The standard InChI is InChI=1S/C20H23ClN6O4/c1-14-12-18(23-20(22-14)26-8-10-31-11-9-26)24-4-6-25(7-5-24)19(28)16-3-2-15(27(29)30)13-17(16)21/h2-3,12-13H,4-11H2,1H3. The minimum Gasteiger partial charge on any atom is -0.378 e. The number of nitro benzene ring substituents is 1. The summed E-state index contributed by atoms with van der Waals surface area (Å²) in [7, 11) is 0. The van der Waals surface area contributed by atoms with E-state index in [1.807, 2.05) is 13.0 Å². The molecule has 3 heterocycles. The SMILES string of the molecule is Cc1cc(N2CCN(C(=O)c3ccc([N+](=O)[O-])cc3Cl)CC2)nc(N2CCOCC2)n1. The Bertz CT molecular complexity index is 990. The number of piperazine rings is 1. The van der Waals surface area contributed by atoms with Gasteiger partial charge < -0.3 is 19.4 Å². The van der Waals surface area contributed by atoms with Crippen molar-refractivity contribution in [1.29, 1.82) is 0 Å². The molecule has 0 atom stereocenters. The number of hydrogen-bond donors (Lipinski definition) is 0. The number of aryl methyl sites for hydroxylation is 1. The molecule has 2 fully saturated rings. The summed E-state index contributed by atoms with van der Waals surface area (Å²) in [4.78, 5) is 38.5. The van der Waals surface area contributed by atoms with E-state index in [4.69, 9.17) is 21.3 Å². The molecule has 164 valence electrons. The number of morpholine rings is 1. The van der Waals surface area contributed by atoms with E-state index >= 15 is 0 Å². The Balaban J connectivity index is 1.43. The van der Waals surface area contributed by atoms with E-state index in [9.17, 15) is 14.9 Å². The number of ether oxygens (including phenoxy) is 1. The topological polar surface area (TPSA) is 105 Å². The molecule has 2 aromatic rings. The fourth-order valence-electron chi connectivity index (χ4n) is 3.70. The number of benzene rings is 1. The number of aromatic nitrogens is 2. The Morgan fingerprint density at radius 1 is 1.06 bits per heavy atom. The summed E-state index contributed by atoms with van der Waals surface area (Å²) < 4.78 is 5.41. The van der Waals surface area contributed by atoms with Crippen molar-refractivity contribution in [2.24, 2.45) is 0 Å². The highest BCUT2D eigenvalue weighted by Crippen LogP contribution is 2.25. The number of halogens is 1. The Kier molecular flexibility index (Phi) is 6.19. The van der Waals surface area contributed by atoms with Crippen LogP contribution in [0.15, 0.2) is 24.3 Å². The van der Waals surface area contributed by atoms with Crippen LogP contribution in [0, 0.1) is 17.0 Å². The van der Waals surface area contributed by atoms with Crippen LogP contribution in [0.2, 0.25) is 5.02 Å². The first kappa shape index (κ1) is 21.3. The van der Waals surface area contributed by atoms with E-state index in [1.54, 1.807) is 4.90 Å². The monoisotopic (exact) mass is 446 g/mol.